The van der Waals surface area contributed by atoms with Crippen molar-refractivity contribution >= 4 is 34.7 Å². The fraction of sp³-hybridized carbons (Fsp3) is 0.312. The molecule has 5 nitrogen and oxygen atoms in total. The van der Waals surface area contributed by atoms with E-state index in [1.807, 2.05) is 18.2 Å². The first-order chi connectivity index (χ1) is 10.7. The van der Waals surface area contributed by atoms with Crippen molar-refractivity contribution in [2.75, 3.05) is 20.0 Å². The van der Waals surface area contributed by atoms with Crippen LogP contribution in [-0.2, 0) is 9.53 Å². The highest BCUT2D eigenvalue weighted by Gasteiger charge is 2.09. The minimum Gasteiger partial charge on any atom is -0.496 e. The molecule has 0 amide bonds. The number of esters is 1. The molecule has 0 fully saturated rings. The third-order valence-corrected chi connectivity index (χ3v) is 3.93. The van der Waals surface area contributed by atoms with Crippen LogP contribution in [0.25, 0.3) is 17.0 Å². The molecule has 0 aliphatic heterocycles. The molecule has 1 aromatic heterocycles. The van der Waals surface area contributed by atoms with Gasteiger partial charge < -0.3 is 9.47 Å². The quantitative estimate of drug-likeness (QED) is 0.462. The average molecular weight is 318 g/mol. The van der Waals surface area contributed by atoms with Gasteiger partial charge in [0.15, 0.2) is 0 Å². The monoisotopic (exact) mass is 318 g/mol. The molecular weight excluding hydrogens is 300 g/mol. The van der Waals surface area contributed by atoms with Gasteiger partial charge in [0.2, 0.25) is 0 Å². The molecule has 0 radical (unpaired) electrons. The molecule has 1 aromatic carbocycles. The Morgan fingerprint density at radius 2 is 2.14 bits per heavy atom. The van der Waals surface area contributed by atoms with Crippen molar-refractivity contribution < 1.29 is 14.3 Å². The van der Waals surface area contributed by atoms with Crippen molar-refractivity contribution in [2.24, 2.45) is 0 Å². The zero-order valence-electron chi connectivity index (χ0n) is 12.8. The molecule has 0 saturated carbocycles. The largest absolute Gasteiger partial charge is 0.496 e. The molecule has 0 bridgehead atoms. The molecule has 0 saturated heterocycles. The minimum atomic E-state index is -0.278. The second-order valence-electron chi connectivity index (χ2n) is 4.41. The summed E-state index contributed by atoms with van der Waals surface area (Å²) in [6, 6.07) is 3.87. The molecule has 22 heavy (non-hydrogen) atoms. The minimum absolute atomic E-state index is 0.221. The Bertz CT molecular complexity index is 701. The van der Waals surface area contributed by atoms with Gasteiger partial charge >= 0.3 is 5.97 Å². The molecule has 116 valence electrons. The van der Waals surface area contributed by atoms with E-state index >= 15 is 0 Å². The van der Waals surface area contributed by atoms with Crippen LogP contribution in [0, 0.1) is 0 Å². The Balaban J connectivity index is 2.41. The van der Waals surface area contributed by atoms with Crippen LogP contribution in [0.4, 0.5) is 0 Å². The van der Waals surface area contributed by atoms with Crippen LogP contribution in [-0.4, -0.2) is 35.9 Å². The van der Waals surface area contributed by atoms with E-state index in [1.54, 1.807) is 31.3 Å². The first-order valence-corrected chi connectivity index (χ1v) is 7.87. The summed E-state index contributed by atoms with van der Waals surface area (Å²) in [4.78, 5) is 19.8. The number of aromatic nitrogens is 2. The highest BCUT2D eigenvalue weighted by molar-refractivity contribution is 7.99. The Labute approximate surface area is 133 Å². The number of fused-ring (bicyclic) bond motifs is 1. The van der Waals surface area contributed by atoms with E-state index in [4.69, 9.17) is 4.74 Å². The Morgan fingerprint density at radius 3 is 2.82 bits per heavy atom. The Kier molecular flexibility index (Phi) is 5.77. The molecule has 0 atom stereocenters. The Hall–Kier alpha value is -2.08. The van der Waals surface area contributed by atoms with Crippen LogP contribution in [0.15, 0.2) is 29.6 Å². The van der Waals surface area contributed by atoms with Crippen molar-refractivity contribution in [3.63, 3.8) is 0 Å². The first kappa shape index (κ1) is 16.3. The SMILES string of the molecule is CCSc1ncnc2cc(C=CCC(=O)OC)c(OC)cc12. The van der Waals surface area contributed by atoms with Gasteiger partial charge in [-0.25, -0.2) is 9.97 Å². The van der Waals surface area contributed by atoms with E-state index in [0.717, 1.165) is 33.0 Å². The van der Waals surface area contributed by atoms with Gasteiger partial charge in [0.05, 0.1) is 26.2 Å². The van der Waals surface area contributed by atoms with Crippen molar-refractivity contribution in [3.05, 3.63) is 30.1 Å². The third kappa shape index (κ3) is 3.76. The van der Waals surface area contributed by atoms with Gasteiger partial charge in [-0.15, -0.1) is 11.8 Å². The van der Waals surface area contributed by atoms with Crippen LogP contribution >= 0.6 is 11.8 Å². The fourth-order valence-corrected chi connectivity index (χ4v) is 2.71. The normalized spacial score (nSPS) is 11.0. The highest BCUT2D eigenvalue weighted by Crippen LogP contribution is 2.31. The maximum absolute atomic E-state index is 11.2. The highest BCUT2D eigenvalue weighted by atomic mass is 32.2. The maximum Gasteiger partial charge on any atom is 0.309 e. The van der Waals surface area contributed by atoms with Crippen LogP contribution in [0.1, 0.15) is 18.9 Å². The van der Waals surface area contributed by atoms with Gasteiger partial charge in [-0.05, 0) is 17.9 Å². The smallest absolute Gasteiger partial charge is 0.309 e. The zero-order valence-corrected chi connectivity index (χ0v) is 13.6. The summed E-state index contributed by atoms with van der Waals surface area (Å²) in [6.07, 6.45) is 5.37. The van der Waals surface area contributed by atoms with E-state index < -0.39 is 0 Å². The predicted octanol–water partition coefficient (Wildman–Crippen LogP) is 3.33. The first-order valence-electron chi connectivity index (χ1n) is 6.88. The summed E-state index contributed by atoms with van der Waals surface area (Å²) >= 11 is 1.67. The third-order valence-electron chi connectivity index (χ3n) is 3.04. The molecule has 0 unspecified atom stereocenters. The number of methoxy groups -OCH3 is 2. The van der Waals surface area contributed by atoms with Crippen molar-refractivity contribution in [1.29, 1.82) is 0 Å². The van der Waals surface area contributed by atoms with Crippen molar-refractivity contribution in [1.82, 2.24) is 9.97 Å². The average Bonchev–Trinajstić information content (AvgIpc) is 2.54. The van der Waals surface area contributed by atoms with Gasteiger partial charge in [-0.1, -0.05) is 19.1 Å². The van der Waals surface area contributed by atoms with E-state index in [2.05, 4.69) is 21.6 Å². The fourth-order valence-electron chi connectivity index (χ4n) is 2.00. The summed E-state index contributed by atoms with van der Waals surface area (Å²) in [7, 11) is 2.99. The lowest BCUT2D eigenvalue weighted by Crippen LogP contribution is -1.97. The van der Waals surface area contributed by atoms with E-state index in [0.29, 0.717) is 0 Å². The molecular formula is C16H18N2O3S. The summed E-state index contributed by atoms with van der Waals surface area (Å²) in [5, 5.41) is 1.91. The van der Waals surface area contributed by atoms with Gasteiger partial charge in [-0.3, -0.25) is 4.79 Å². The van der Waals surface area contributed by atoms with E-state index in [-0.39, 0.29) is 12.4 Å². The van der Waals surface area contributed by atoms with Gasteiger partial charge in [0, 0.05) is 10.9 Å². The van der Waals surface area contributed by atoms with Gasteiger partial charge in [0.1, 0.15) is 17.1 Å². The van der Waals surface area contributed by atoms with Crippen molar-refractivity contribution in [2.45, 2.75) is 18.4 Å². The molecule has 0 aliphatic rings. The molecule has 2 rings (SSSR count). The molecule has 1 heterocycles. The number of rotatable bonds is 6. The van der Waals surface area contributed by atoms with Crippen LogP contribution < -0.4 is 4.74 Å². The standard InChI is InChI=1S/C16H18N2O3S/c1-4-22-16-12-9-14(20-2)11(6-5-7-15(19)21-3)8-13(12)17-10-18-16/h5-6,8-10H,4,7H2,1-3H3. The van der Waals surface area contributed by atoms with Crippen LogP contribution in [0.3, 0.4) is 0 Å². The Morgan fingerprint density at radius 1 is 1.32 bits per heavy atom. The topological polar surface area (TPSA) is 61.3 Å². The number of hydrogen-bond acceptors (Lipinski definition) is 6. The molecule has 0 N–H and O–H groups in total. The number of benzene rings is 1. The number of ether oxygens (including phenoxy) is 2. The molecule has 6 heteroatoms. The lowest BCUT2D eigenvalue weighted by Gasteiger charge is -2.09. The molecule has 2 aromatic rings. The summed E-state index contributed by atoms with van der Waals surface area (Å²) in [5.41, 5.74) is 1.72. The zero-order chi connectivity index (χ0) is 15.9. The number of thioether (sulfide) groups is 1. The van der Waals surface area contributed by atoms with Gasteiger partial charge in [-0.2, -0.15) is 0 Å². The van der Waals surface area contributed by atoms with Crippen LogP contribution in [0.5, 0.6) is 5.75 Å². The second-order valence-corrected chi connectivity index (χ2v) is 5.66. The van der Waals surface area contributed by atoms with Crippen LogP contribution in [0.2, 0.25) is 0 Å². The number of carbonyl (C=O) groups excluding carboxylic acids is 1. The summed E-state index contributed by atoms with van der Waals surface area (Å²) < 4.78 is 10.1. The molecule has 0 aliphatic carbocycles. The lowest BCUT2D eigenvalue weighted by atomic mass is 10.1. The van der Waals surface area contributed by atoms with E-state index in [1.165, 1.54) is 7.11 Å². The summed E-state index contributed by atoms with van der Waals surface area (Å²) in [6.45, 7) is 2.08. The number of hydrogen-bond donors (Lipinski definition) is 0. The molecule has 0 spiro atoms. The number of carbonyl (C=O) groups is 1. The number of nitrogens with zero attached hydrogens (tertiary/aromatic N) is 2. The second kappa shape index (κ2) is 7.79. The summed E-state index contributed by atoms with van der Waals surface area (Å²) in [5.74, 6) is 1.39. The van der Waals surface area contributed by atoms with Gasteiger partial charge in [0.25, 0.3) is 0 Å². The lowest BCUT2D eigenvalue weighted by molar-refractivity contribution is -0.139. The predicted molar refractivity (Wildman–Crippen MR) is 88.2 cm³/mol. The van der Waals surface area contributed by atoms with E-state index in [9.17, 15) is 4.79 Å². The van der Waals surface area contributed by atoms with Crippen molar-refractivity contribution in [3.8, 4) is 5.75 Å². The maximum atomic E-state index is 11.2.